The highest BCUT2D eigenvalue weighted by Crippen LogP contribution is 2.20. The van der Waals surface area contributed by atoms with Crippen LogP contribution in [0.5, 0.6) is 0 Å². The Kier molecular flexibility index (Phi) is 4.32. The topological polar surface area (TPSA) is 52.7 Å². The molecule has 21 heavy (non-hydrogen) atoms. The number of benzene rings is 1. The zero-order valence-corrected chi connectivity index (χ0v) is 13.9. The summed E-state index contributed by atoms with van der Waals surface area (Å²) in [5.41, 5.74) is 0.743. The Bertz CT molecular complexity index is 538. The Morgan fingerprint density at radius 2 is 1.81 bits per heavy atom. The summed E-state index contributed by atoms with van der Waals surface area (Å²) < 4.78 is 1.13. The van der Waals surface area contributed by atoms with E-state index in [1.54, 1.807) is 0 Å². The van der Waals surface area contributed by atoms with Gasteiger partial charge in [0.1, 0.15) is 0 Å². The van der Waals surface area contributed by atoms with E-state index in [2.05, 4.69) is 27.9 Å². The molecule has 0 radical (unpaired) electrons. The van der Waals surface area contributed by atoms with Gasteiger partial charge in [0.15, 0.2) is 0 Å². The number of likely N-dealkylation sites (tertiary alicyclic amines) is 1. The lowest BCUT2D eigenvalue weighted by Gasteiger charge is -2.36. The molecule has 0 saturated carbocycles. The van der Waals surface area contributed by atoms with Crippen LogP contribution in [-0.4, -0.2) is 54.0 Å². The monoisotopic (exact) mass is 399 g/mol. The van der Waals surface area contributed by atoms with Crippen molar-refractivity contribution in [3.05, 3.63) is 33.4 Å². The van der Waals surface area contributed by atoms with Gasteiger partial charge in [0.2, 0.25) is 0 Å². The van der Waals surface area contributed by atoms with Crippen LogP contribution >= 0.6 is 22.6 Å². The Hall–Kier alpha value is -1.31. The van der Waals surface area contributed by atoms with Crippen LogP contribution in [0.4, 0.5) is 4.79 Å². The summed E-state index contributed by atoms with van der Waals surface area (Å²) in [7, 11) is 0. The molecule has 5 nitrogen and oxygen atoms in total. The molecule has 2 aliphatic heterocycles. The Morgan fingerprint density at radius 1 is 1.14 bits per heavy atom. The van der Waals surface area contributed by atoms with Gasteiger partial charge in [0.25, 0.3) is 5.91 Å². The number of piperidine rings is 1. The van der Waals surface area contributed by atoms with E-state index in [1.165, 1.54) is 0 Å². The molecule has 112 valence electrons. The first-order valence-electron chi connectivity index (χ1n) is 7.24. The number of hydrogen-bond acceptors (Lipinski definition) is 2. The predicted molar refractivity (Wildman–Crippen MR) is 88.2 cm³/mol. The summed E-state index contributed by atoms with van der Waals surface area (Å²) in [4.78, 5) is 27.9. The van der Waals surface area contributed by atoms with Gasteiger partial charge in [-0.15, -0.1) is 0 Å². The van der Waals surface area contributed by atoms with Crippen molar-refractivity contribution in [3.8, 4) is 0 Å². The van der Waals surface area contributed by atoms with Crippen molar-refractivity contribution in [1.29, 1.82) is 0 Å². The van der Waals surface area contributed by atoms with E-state index in [0.717, 1.165) is 48.2 Å². The maximum absolute atomic E-state index is 12.4. The number of nitrogens with one attached hydrogen (secondary N) is 1. The van der Waals surface area contributed by atoms with E-state index in [-0.39, 0.29) is 18.0 Å². The molecule has 2 saturated heterocycles. The highest BCUT2D eigenvalue weighted by Gasteiger charge is 2.31. The van der Waals surface area contributed by atoms with E-state index in [9.17, 15) is 9.59 Å². The van der Waals surface area contributed by atoms with Crippen LogP contribution < -0.4 is 5.32 Å². The largest absolute Gasteiger partial charge is 0.338 e. The maximum atomic E-state index is 12.4. The Morgan fingerprint density at radius 3 is 2.38 bits per heavy atom. The standard InChI is InChI=1S/C15H18IN3O2/c16-12-3-1-11(2-4-12)14(20)18-8-5-13(6-9-18)19-10-7-17-15(19)21/h1-4,13H,5-10H2,(H,17,21). The molecule has 0 atom stereocenters. The lowest BCUT2D eigenvalue weighted by molar-refractivity contribution is 0.0666. The second-order valence-electron chi connectivity index (χ2n) is 5.46. The van der Waals surface area contributed by atoms with Crippen molar-refractivity contribution in [2.24, 2.45) is 0 Å². The summed E-state index contributed by atoms with van der Waals surface area (Å²) in [6, 6.07) is 7.98. The summed E-state index contributed by atoms with van der Waals surface area (Å²) in [5, 5.41) is 2.84. The van der Waals surface area contributed by atoms with Gasteiger partial charge < -0.3 is 15.1 Å². The fraction of sp³-hybridized carbons (Fsp3) is 0.467. The first kappa shape index (κ1) is 14.6. The highest BCUT2D eigenvalue weighted by atomic mass is 127. The van der Waals surface area contributed by atoms with Gasteiger partial charge in [-0.1, -0.05) is 0 Å². The first-order valence-corrected chi connectivity index (χ1v) is 8.32. The number of urea groups is 1. The molecule has 0 unspecified atom stereocenters. The molecule has 3 amide bonds. The molecule has 1 aromatic carbocycles. The lowest BCUT2D eigenvalue weighted by atomic mass is 10.0. The minimum absolute atomic E-state index is 0.0393. The Labute approximate surface area is 137 Å². The summed E-state index contributed by atoms with van der Waals surface area (Å²) >= 11 is 2.23. The smallest absolute Gasteiger partial charge is 0.317 e. The molecule has 1 N–H and O–H groups in total. The molecule has 0 aliphatic carbocycles. The number of carbonyl (C=O) groups is 2. The molecule has 0 spiro atoms. The van der Waals surface area contributed by atoms with Crippen LogP contribution in [0.1, 0.15) is 23.2 Å². The normalized spacial score (nSPS) is 19.8. The van der Waals surface area contributed by atoms with Crippen molar-refractivity contribution in [1.82, 2.24) is 15.1 Å². The molecular formula is C15H18IN3O2. The van der Waals surface area contributed by atoms with Gasteiger partial charge in [-0.05, 0) is 59.7 Å². The average Bonchev–Trinajstić information content (AvgIpc) is 2.94. The molecule has 6 heteroatoms. The Balaban J connectivity index is 1.59. The van der Waals surface area contributed by atoms with E-state index in [4.69, 9.17) is 0 Å². The summed E-state index contributed by atoms with van der Waals surface area (Å²) in [6.45, 7) is 2.97. The van der Waals surface area contributed by atoms with E-state index in [1.807, 2.05) is 34.1 Å². The second kappa shape index (κ2) is 6.21. The predicted octanol–water partition coefficient (Wildman–Crippen LogP) is 1.92. The van der Waals surface area contributed by atoms with Crippen LogP contribution in [-0.2, 0) is 0 Å². The zero-order chi connectivity index (χ0) is 14.8. The van der Waals surface area contributed by atoms with Gasteiger partial charge in [0.05, 0.1) is 0 Å². The van der Waals surface area contributed by atoms with E-state index < -0.39 is 0 Å². The van der Waals surface area contributed by atoms with Gasteiger partial charge in [-0.3, -0.25) is 4.79 Å². The van der Waals surface area contributed by atoms with Crippen molar-refractivity contribution in [2.45, 2.75) is 18.9 Å². The minimum atomic E-state index is 0.0393. The molecule has 1 aromatic rings. The second-order valence-corrected chi connectivity index (χ2v) is 6.70. The number of carbonyl (C=O) groups excluding carboxylic acids is 2. The fourth-order valence-electron chi connectivity index (χ4n) is 2.99. The number of halogens is 1. The third-order valence-electron chi connectivity index (χ3n) is 4.17. The minimum Gasteiger partial charge on any atom is -0.338 e. The van der Waals surface area contributed by atoms with Gasteiger partial charge >= 0.3 is 6.03 Å². The number of nitrogens with zero attached hydrogens (tertiary/aromatic N) is 2. The SMILES string of the molecule is O=C(c1ccc(I)cc1)N1CCC(N2CCNC2=O)CC1. The summed E-state index contributed by atoms with van der Waals surface area (Å²) in [5.74, 6) is 0.0933. The molecule has 0 aromatic heterocycles. The highest BCUT2D eigenvalue weighted by molar-refractivity contribution is 14.1. The number of rotatable bonds is 2. The molecule has 2 heterocycles. The summed E-state index contributed by atoms with van der Waals surface area (Å²) in [6.07, 6.45) is 1.73. The molecule has 2 aliphatic rings. The zero-order valence-electron chi connectivity index (χ0n) is 11.7. The van der Waals surface area contributed by atoms with Crippen LogP contribution in [0, 0.1) is 3.57 Å². The average molecular weight is 399 g/mol. The van der Waals surface area contributed by atoms with Crippen LogP contribution in [0.25, 0.3) is 0 Å². The number of amides is 3. The molecule has 3 rings (SSSR count). The molecule has 0 bridgehead atoms. The lowest BCUT2D eigenvalue weighted by Crippen LogP contribution is -2.47. The molecular weight excluding hydrogens is 381 g/mol. The number of hydrogen-bond donors (Lipinski definition) is 1. The van der Waals surface area contributed by atoms with Crippen molar-refractivity contribution >= 4 is 34.5 Å². The van der Waals surface area contributed by atoms with Crippen LogP contribution in [0.2, 0.25) is 0 Å². The van der Waals surface area contributed by atoms with Crippen LogP contribution in [0.15, 0.2) is 24.3 Å². The van der Waals surface area contributed by atoms with Crippen LogP contribution in [0.3, 0.4) is 0 Å². The van der Waals surface area contributed by atoms with Crippen molar-refractivity contribution < 1.29 is 9.59 Å². The van der Waals surface area contributed by atoms with E-state index >= 15 is 0 Å². The third-order valence-corrected chi connectivity index (χ3v) is 4.89. The van der Waals surface area contributed by atoms with Gasteiger partial charge in [0, 0.05) is 41.4 Å². The quantitative estimate of drug-likeness (QED) is 0.773. The van der Waals surface area contributed by atoms with Gasteiger partial charge in [-0.25, -0.2) is 4.79 Å². The fourth-order valence-corrected chi connectivity index (χ4v) is 3.35. The van der Waals surface area contributed by atoms with Crippen molar-refractivity contribution in [3.63, 3.8) is 0 Å². The van der Waals surface area contributed by atoms with Gasteiger partial charge in [-0.2, -0.15) is 0 Å². The third kappa shape index (κ3) is 3.14. The van der Waals surface area contributed by atoms with Crippen molar-refractivity contribution in [2.75, 3.05) is 26.2 Å². The maximum Gasteiger partial charge on any atom is 0.317 e. The van der Waals surface area contributed by atoms with E-state index in [0.29, 0.717) is 0 Å². The molecule has 2 fully saturated rings. The first-order chi connectivity index (χ1) is 10.1.